The molecule has 0 radical (unpaired) electrons. The minimum atomic E-state index is -0.0341. The summed E-state index contributed by atoms with van der Waals surface area (Å²) in [5.74, 6) is 1.25. The van der Waals surface area contributed by atoms with Gasteiger partial charge >= 0.3 is 0 Å². The lowest BCUT2D eigenvalue weighted by Gasteiger charge is -2.45. The van der Waals surface area contributed by atoms with E-state index in [4.69, 9.17) is 4.74 Å². The molecule has 5 nitrogen and oxygen atoms in total. The van der Waals surface area contributed by atoms with E-state index in [9.17, 15) is 4.79 Å². The number of rotatable bonds is 2. The lowest BCUT2D eigenvalue weighted by atomic mass is 9.79. The van der Waals surface area contributed by atoms with E-state index in [-0.39, 0.29) is 17.4 Å². The maximum absolute atomic E-state index is 12.3. The van der Waals surface area contributed by atoms with E-state index < -0.39 is 0 Å². The molecular formula is C20H27N3O2. The van der Waals surface area contributed by atoms with Gasteiger partial charge in [0.15, 0.2) is 0 Å². The van der Waals surface area contributed by atoms with Crippen molar-refractivity contribution in [3.63, 3.8) is 0 Å². The largest absolute Gasteiger partial charge is 0.497 e. The van der Waals surface area contributed by atoms with Gasteiger partial charge in [0.05, 0.1) is 12.6 Å². The Hall–Kier alpha value is -2.01. The van der Waals surface area contributed by atoms with Crippen molar-refractivity contribution < 1.29 is 9.53 Å². The predicted octanol–water partition coefficient (Wildman–Crippen LogP) is 2.80. The molecule has 1 saturated heterocycles. The minimum Gasteiger partial charge on any atom is -0.497 e. The number of carbonyl (C=O) groups is 1. The van der Waals surface area contributed by atoms with Crippen LogP contribution < -0.4 is 10.1 Å². The second kappa shape index (κ2) is 6.06. The molecule has 1 amide bonds. The first kappa shape index (κ1) is 16.5. The molecule has 4 rings (SSSR count). The van der Waals surface area contributed by atoms with Crippen molar-refractivity contribution in [2.45, 2.75) is 38.6 Å². The summed E-state index contributed by atoms with van der Waals surface area (Å²) in [6.45, 7) is 6.59. The molecule has 0 atom stereocenters. The highest BCUT2D eigenvalue weighted by molar-refractivity contribution is 5.87. The number of hydrogen-bond donors (Lipinski definition) is 2. The molecule has 5 heteroatoms. The quantitative estimate of drug-likeness (QED) is 0.883. The Bertz CT molecular complexity index is 801. The molecule has 2 aromatic rings. The number of fused-ring (bicyclic) bond motifs is 4. The summed E-state index contributed by atoms with van der Waals surface area (Å²) in [7, 11) is 1.71. The summed E-state index contributed by atoms with van der Waals surface area (Å²) in [6.07, 6.45) is 2.95. The van der Waals surface area contributed by atoms with E-state index >= 15 is 0 Å². The van der Waals surface area contributed by atoms with Crippen molar-refractivity contribution in [3.8, 4) is 5.75 Å². The van der Waals surface area contributed by atoms with E-state index in [0.29, 0.717) is 0 Å². The lowest BCUT2D eigenvalue weighted by Crippen LogP contribution is -2.55. The zero-order valence-electron chi connectivity index (χ0n) is 15.3. The van der Waals surface area contributed by atoms with Gasteiger partial charge in [0.2, 0.25) is 5.91 Å². The highest BCUT2D eigenvalue weighted by Gasteiger charge is 2.42. The van der Waals surface area contributed by atoms with Crippen LogP contribution in [-0.4, -0.2) is 42.5 Å². The number of aromatic amines is 1. The lowest BCUT2D eigenvalue weighted by molar-refractivity contribution is -0.136. The van der Waals surface area contributed by atoms with Gasteiger partial charge in [0.25, 0.3) is 0 Å². The van der Waals surface area contributed by atoms with Crippen LogP contribution in [0.3, 0.4) is 0 Å². The number of piperidine rings is 1. The van der Waals surface area contributed by atoms with Gasteiger partial charge in [0, 0.05) is 42.1 Å². The SMILES string of the molecule is COc1ccc2[nH]c3c(c2c1)CCNC31CCN(C(=O)C(C)C)CC1. The van der Waals surface area contributed by atoms with Crippen molar-refractivity contribution in [2.75, 3.05) is 26.7 Å². The third-order valence-electron chi connectivity index (χ3n) is 5.85. The maximum atomic E-state index is 12.3. The summed E-state index contributed by atoms with van der Waals surface area (Å²) in [6, 6.07) is 6.26. The summed E-state index contributed by atoms with van der Waals surface area (Å²) >= 11 is 0. The van der Waals surface area contributed by atoms with Crippen LogP contribution in [0.5, 0.6) is 5.75 Å². The predicted molar refractivity (Wildman–Crippen MR) is 98.9 cm³/mol. The smallest absolute Gasteiger partial charge is 0.225 e. The fourth-order valence-corrected chi connectivity index (χ4v) is 4.44. The maximum Gasteiger partial charge on any atom is 0.225 e. The molecule has 1 spiro atoms. The molecular weight excluding hydrogens is 314 g/mol. The molecule has 0 aliphatic carbocycles. The van der Waals surface area contributed by atoms with E-state index in [1.54, 1.807) is 7.11 Å². The van der Waals surface area contributed by atoms with Gasteiger partial charge in [0.1, 0.15) is 5.75 Å². The first-order chi connectivity index (χ1) is 12.0. The number of ether oxygens (including phenoxy) is 1. The van der Waals surface area contributed by atoms with Crippen LogP contribution in [0.4, 0.5) is 0 Å². The van der Waals surface area contributed by atoms with Crippen LogP contribution in [0.1, 0.15) is 37.9 Å². The molecule has 134 valence electrons. The van der Waals surface area contributed by atoms with Gasteiger partial charge in [-0.25, -0.2) is 0 Å². The van der Waals surface area contributed by atoms with Gasteiger partial charge in [-0.1, -0.05) is 13.8 Å². The van der Waals surface area contributed by atoms with Crippen molar-refractivity contribution in [3.05, 3.63) is 29.5 Å². The first-order valence-electron chi connectivity index (χ1n) is 9.27. The summed E-state index contributed by atoms with van der Waals surface area (Å²) < 4.78 is 5.41. The number of methoxy groups -OCH3 is 1. The first-order valence-corrected chi connectivity index (χ1v) is 9.27. The average molecular weight is 341 g/mol. The van der Waals surface area contributed by atoms with E-state index in [0.717, 1.165) is 44.6 Å². The molecule has 2 aliphatic heterocycles. The molecule has 2 N–H and O–H groups in total. The summed E-state index contributed by atoms with van der Waals surface area (Å²) in [5, 5.41) is 5.04. The van der Waals surface area contributed by atoms with Crippen LogP contribution in [0.15, 0.2) is 18.2 Å². The van der Waals surface area contributed by atoms with Crippen LogP contribution in [0, 0.1) is 5.92 Å². The topological polar surface area (TPSA) is 57.4 Å². The zero-order valence-corrected chi connectivity index (χ0v) is 15.3. The number of likely N-dealkylation sites (tertiary alicyclic amines) is 1. The van der Waals surface area contributed by atoms with Gasteiger partial charge in [-0.15, -0.1) is 0 Å². The minimum absolute atomic E-state index is 0.0341. The van der Waals surface area contributed by atoms with Crippen molar-refractivity contribution in [1.82, 2.24) is 15.2 Å². The van der Waals surface area contributed by atoms with Gasteiger partial charge in [-0.05, 0) is 43.0 Å². The normalized spacial score (nSPS) is 19.4. The van der Waals surface area contributed by atoms with Gasteiger partial charge < -0.3 is 19.9 Å². The number of amides is 1. The Balaban J connectivity index is 1.67. The monoisotopic (exact) mass is 341 g/mol. The van der Waals surface area contributed by atoms with Crippen LogP contribution >= 0.6 is 0 Å². The Morgan fingerprint density at radius 1 is 1.28 bits per heavy atom. The highest BCUT2D eigenvalue weighted by Crippen LogP contribution is 2.40. The number of nitrogens with one attached hydrogen (secondary N) is 2. The molecule has 2 aliphatic rings. The number of benzene rings is 1. The molecule has 1 aromatic heterocycles. The number of carbonyl (C=O) groups excluding carboxylic acids is 1. The molecule has 25 heavy (non-hydrogen) atoms. The number of aromatic nitrogens is 1. The standard InChI is InChI=1S/C20H27N3O2/c1-13(2)19(24)23-10-7-20(8-11-23)18-15(6-9-21-20)16-12-14(25-3)4-5-17(16)22-18/h4-5,12-13,21-22H,6-11H2,1-3H3. The molecule has 1 aromatic carbocycles. The second-order valence-corrected chi connectivity index (χ2v) is 7.63. The molecule has 3 heterocycles. The second-order valence-electron chi connectivity index (χ2n) is 7.63. The van der Waals surface area contributed by atoms with Gasteiger partial charge in [-0.2, -0.15) is 0 Å². The molecule has 1 fully saturated rings. The summed E-state index contributed by atoms with van der Waals surface area (Å²) in [4.78, 5) is 18.0. The Labute approximate surface area is 148 Å². The Morgan fingerprint density at radius 3 is 2.72 bits per heavy atom. The van der Waals surface area contributed by atoms with Crippen LogP contribution in [0.25, 0.3) is 10.9 Å². The number of hydrogen-bond acceptors (Lipinski definition) is 3. The third-order valence-corrected chi connectivity index (χ3v) is 5.85. The van der Waals surface area contributed by atoms with Crippen molar-refractivity contribution in [1.29, 1.82) is 0 Å². The van der Waals surface area contributed by atoms with Crippen LogP contribution in [0.2, 0.25) is 0 Å². The zero-order chi connectivity index (χ0) is 17.6. The van der Waals surface area contributed by atoms with E-state index in [1.807, 2.05) is 24.8 Å². The fraction of sp³-hybridized carbons (Fsp3) is 0.550. The Kier molecular flexibility index (Phi) is 3.99. The third kappa shape index (κ3) is 2.61. The van der Waals surface area contributed by atoms with Crippen molar-refractivity contribution in [2.24, 2.45) is 5.92 Å². The van der Waals surface area contributed by atoms with Gasteiger partial charge in [-0.3, -0.25) is 4.79 Å². The molecule has 0 unspecified atom stereocenters. The Morgan fingerprint density at radius 2 is 2.04 bits per heavy atom. The molecule has 0 bridgehead atoms. The summed E-state index contributed by atoms with van der Waals surface area (Å²) in [5.41, 5.74) is 3.87. The van der Waals surface area contributed by atoms with Crippen molar-refractivity contribution >= 4 is 16.8 Å². The fourth-order valence-electron chi connectivity index (χ4n) is 4.44. The van der Waals surface area contributed by atoms with E-state index in [1.165, 1.54) is 22.2 Å². The van der Waals surface area contributed by atoms with Crippen LogP contribution in [-0.2, 0) is 16.8 Å². The average Bonchev–Trinajstić information content (AvgIpc) is 3.01. The number of nitrogens with zero attached hydrogens (tertiary/aromatic N) is 1. The number of H-pyrrole nitrogens is 1. The molecule has 0 saturated carbocycles. The van der Waals surface area contributed by atoms with E-state index in [2.05, 4.69) is 22.4 Å². The highest BCUT2D eigenvalue weighted by atomic mass is 16.5.